The molecular formula is C21H27N3O2. The Morgan fingerprint density at radius 2 is 1.62 bits per heavy atom. The maximum Gasteiger partial charge on any atom is 0.251 e. The van der Waals surface area contributed by atoms with Crippen molar-refractivity contribution in [2.75, 3.05) is 11.9 Å². The highest BCUT2D eigenvalue weighted by atomic mass is 16.2. The van der Waals surface area contributed by atoms with E-state index in [0.717, 1.165) is 6.42 Å². The summed E-state index contributed by atoms with van der Waals surface area (Å²) < 4.78 is 0. The highest BCUT2D eigenvalue weighted by molar-refractivity contribution is 5.97. The minimum absolute atomic E-state index is 0.134. The second-order valence-corrected chi connectivity index (χ2v) is 7.40. The summed E-state index contributed by atoms with van der Waals surface area (Å²) in [4.78, 5) is 24.3. The van der Waals surface area contributed by atoms with Crippen molar-refractivity contribution in [3.05, 3.63) is 65.7 Å². The third-order valence-electron chi connectivity index (χ3n) is 4.17. The summed E-state index contributed by atoms with van der Waals surface area (Å²) in [5.41, 5.74) is 7.98. The van der Waals surface area contributed by atoms with Crippen molar-refractivity contribution in [1.29, 1.82) is 0 Å². The van der Waals surface area contributed by atoms with Crippen LogP contribution in [0.15, 0.2) is 54.6 Å². The fourth-order valence-electron chi connectivity index (χ4n) is 2.39. The molecule has 2 aromatic rings. The quantitative estimate of drug-likeness (QED) is 0.746. The molecular weight excluding hydrogens is 326 g/mol. The second-order valence-electron chi connectivity index (χ2n) is 7.40. The molecule has 0 unspecified atom stereocenters. The summed E-state index contributed by atoms with van der Waals surface area (Å²) in [6.07, 6.45) is 0.783. The summed E-state index contributed by atoms with van der Waals surface area (Å²) in [5, 5.41) is 5.68. The van der Waals surface area contributed by atoms with E-state index in [-0.39, 0.29) is 17.2 Å². The summed E-state index contributed by atoms with van der Waals surface area (Å²) in [6, 6.07) is 16.2. The Kier molecular flexibility index (Phi) is 6.52. The zero-order valence-corrected chi connectivity index (χ0v) is 15.6. The van der Waals surface area contributed by atoms with Gasteiger partial charge in [0.1, 0.15) is 0 Å². The molecule has 4 N–H and O–H groups in total. The lowest BCUT2D eigenvalue weighted by atomic mass is 9.87. The van der Waals surface area contributed by atoms with Crippen LogP contribution >= 0.6 is 0 Å². The molecule has 2 rings (SSSR count). The van der Waals surface area contributed by atoms with E-state index in [0.29, 0.717) is 17.8 Å². The highest BCUT2D eigenvalue weighted by Crippen LogP contribution is 2.19. The van der Waals surface area contributed by atoms with Gasteiger partial charge in [0, 0.05) is 17.8 Å². The van der Waals surface area contributed by atoms with Crippen molar-refractivity contribution >= 4 is 17.5 Å². The fourth-order valence-corrected chi connectivity index (χ4v) is 2.39. The number of nitrogens with one attached hydrogen (secondary N) is 2. The van der Waals surface area contributed by atoms with Crippen molar-refractivity contribution in [2.24, 2.45) is 11.1 Å². The van der Waals surface area contributed by atoms with Gasteiger partial charge in [-0.1, -0.05) is 51.1 Å². The van der Waals surface area contributed by atoms with Crippen LogP contribution in [0.2, 0.25) is 0 Å². The zero-order valence-electron chi connectivity index (χ0n) is 15.6. The molecule has 0 aliphatic rings. The van der Waals surface area contributed by atoms with Crippen molar-refractivity contribution in [2.45, 2.75) is 33.2 Å². The van der Waals surface area contributed by atoms with Gasteiger partial charge in [-0.2, -0.15) is 0 Å². The van der Waals surface area contributed by atoms with E-state index in [1.54, 1.807) is 24.3 Å². The minimum atomic E-state index is -0.608. The van der Waals surface area contributed by atoms with E-state index >= 15 is 0 Å². The number of benzene rings is 2. The molecule has 0 bridgehead atoms. The molecule has 26 heavy (non-hydrogen) atoms. The van der Waals surface area contributed by atoms with Crippen LogP contribution < -0.4 is 16.4 Å². The normalized spacial score (nSPS) is 12.3. The molecule has 1 atom stereocenters. The number of carbonyl (C=O) groups is 2. The average molecular weight is 353 g/mol. The Labute approximate surface area is 155 Å². The van der Waals surface area contributed by atoms with Gasteiger partial charge in [0.05, 0.1) is 6.04 Å². The predicted octanol–water partition coefficient (Wildman–Crippen LogP) is 2.97. The van der Waals surface area contributed by atoms with Gasteiger partial charge in [-0.05, 0) is 41.7 Å². The molecule has 5 nitrogen and oxygen atoms in total. The number of hydrogen-bond acceptors (Lipinski definition) is 3. The highest BCUT2D eigenvalue weighted by Gasteiger charge is 2.27. The second kappa shape index (κ2) is 8.63. The molecule has 0 saturated carbocycles. The maximum atomic E-state index is 12.2. The summed E-state index contributed by atoms with van der Waals surface area (Å²) in [5.74, 6) is -0.372. The molecule has 0 heterocycles. The number of nitrogens with two attached hydrogens (primary N) is 1. The first kappa shape index (κ1) is 19.7. The molecule has 5 heteroatoms. The van der Waals surface area contributed by atoms with Crippen LogP contribution in [0, 0.1) is 5.41 Å². The Morgan fingerprint density at radius 1 is 1.00 bits per heavy atom. The van der Waals surface area contributed by atoms with Crippen molar-refractivity contribution in [3.8, 4) is 0 Å². The molecule has 0 saturated heterocycles. The van der Waals surface area contributed by atoms with Gasteiger partial charge in [-0.3, -0.25) is 9.59 Å². The van der Waals surface area contributed by atoms with Gasteiger partial charge < -0.3 is 16.4 Å². The predicted molar refractivity (Wildman–Crippen MR) is 105 cm³/mol. The first-order valence-electron chi connectivity index (χ1n) is 8.76. The first-order valence-corrected chi connectivity index (χ1v) is 8.76. The van der Waals surface area contributed by atoms with E-state index in [9.17, 15) is 9.59 Å². The van der Waals surface area contributed by atoms with Crippen LogP contribution in [-0.4, -0.2) is 24.4 Å². The Morgan fingerprint density at radius 3 is 2.19 bits per heavy atom. The van der Waals surface area contributed by atoms with Gasteiger partial charge in [0.15, 0.2) is 0 Å². The Balaban J connectivity index is 1.86. The molecule has 0 aromatic heterocycles. The van der Waals surface area contributed by atoms with Crippen molar-refractivity contribution in [3.63, 3.8) is 0 Å². The SMILES string of the molecule is CC(C)(C)[C@H](N)C(=O)Nc1ccc(C(=O)NCCc2ccccc2)cc1. The number of amides is 2. The molecule has 0 spiro atoms. The van der Waals surface area contributed by atoms with Gasteiger partial charge in [0.2, 0.25) is 5.91 Å². The third-order valence-corrected chi connectivity index (χ3v) is 4.17. The molecule has 138 valence electrons. The fraction of sp³-hybridized carbons (Fsp3) is 0.333. The zero-order chi connectivity index (χ0) is 19.2. The van der Waals surface area contributed by atoms with Gasteiger partial charge in [-0.15, -0.1) is 0 Å². The van der Waals surface area contributed by atoms with E-state index < -0.39 is 6.04 Å². The van der Waals surface area contributed by atoms with Gasteiger partial charge >= 0.3 is 0 Å². The van der Waals surface area contributed by atoms with E-state index in [4.69, 9.17) is 5.73 Å². The lowest BCUT2D eigenvalue weighted by molar-refractivity contribution is -0.119. The summed E-state index contributed by atoms with van der Waals surface area (Å²) in [6.45, 7) is 6.32. The standard InChI is InChI=1S/C21H27N3O2/c1-21(2,3)18(22)20(26)24-17-11-9-16(10-12-17)19(25)23-14-13-15-7-5-4-6-8-15/h4-12,18H,13-14,22H2,1-3H3,(H,23,25)(H,24,26)/t18-/m1/s1. The van der Waals surface area contributed by atoms with Gasteiger partial charge in [-0.25, -0.2) is 0 Å². The van der Waals surface area contributed by atoms with Gasteiger partial charge in [0.25, 0.3) is 5.91 Å². The molecule has 0 radical (unpaired) electrons. The minimum Gasteiger partial charge on any atom is -0.352 e. The van der Waals surface area contributed by atoms with Crippen molar-refractivity contribution < 1.29 is 9.59 Å². The van der Waals surface area contributed by atoms with Crippen LogP contribution in [0.5, 0.6) is 0 Å². The summed E-state index contributed by atoms with van der Waals surface area (Å²) in [7, 11) is 0. The monoisotopic (exact) mass is 353 g/mol. The smallest absolute Gasteiger partial charge is 0.251 e. The number of anilines is 1. The van der Waals surface area contributed by atoms with Crippen LogP contribution in [-0.2, 0) is 11.2 Å². The Hall–Kier alpha value is -2.66. The Bertz CT molecular complexity index is 734. The average Bonchev–Trinajstić information content (AvgIpc) is 2.61. The lowest BCUT2D eigenvalue weighted by Gasteiger charge is -2.25. The lowest BCUT2D eigenvalue weighted by Crippen LogP contribution is -2.45. The van der Waals surface area contributed by atoms with Crippen LogP contribution in [0.4, 0.5) is 5.69 Å². The largest absolute Gasteiger partial charge is 0.352 e. The van der Waals surface area contributed by atoms with E-state index in [2.05, 4.69) is 10.6 Å². The molecule has 0 aliphatic carbocycles. The number of carbonyl (C=O) groups excluding carboxylic acids is 2. The topological polar surface area (TPSA) is 84.2 Å². The molecule has 0 fully saturated rings. The van der Waals surface area contributed by atoms with E-state index in [1.165, 1.54) is 5.56 Å². The van der Waals surface area contributed by atoms with E-state index in [1.807, 2.05) is 51.1 Å². The van der Waals surface area contributed by atoms with Crippen LogP contribution in [0.1, 0.15) is 36.7 Å². The molecule has 2 amide bonds. The molecule has 2 aromatic carbocycles. The number of hydrogen-bond donors (Lipinski definition) is 3. The third kappa shape index (κ3) is 5.70. The number of rotatable bonds is 6. The van der Waals surface area contributed by atoms with Crippen molar-refractivity contribution in [1.82, 2.24) is 5.32 Å². The first-order chi connectivity index (χ1) is 12.3. The molecule has 0 aliphatic heterocycles. The maximum absolute atomic E-state index is 12.2. The van der Waals surface area contributed by atoms with Crippen LogP contribution in [0.3, 0.4) is 0 Å². The van der Waals surface area contributed by atoms with Crippen LogP contribution in [0.25, 0.3) is 0 Å². The summed E-state index contributed by atoms with van der Waals surface area (Å²) >= 11 is 0.